The number of hydrogen-bond donors (Lipinski definition) is 0. The van der Waals surface area contributed by atoms with E-state index in [9.17, 15) is 9.59 Å². The van der Waals surface area contributed by atoms with Gasteiger partial charge in [-0.05, 0) is 18.6 Å². The maximum Gasteiger partial charge on any atom is 0.516 e. The second kappa shape index (κ2) is 6.40. The lowest BCUT2D eigenvalue weighted by Crippen LogP contribution is -2.11. The van der Waals surface area contributed by atoms with Crippen LogP contribution in [-0.4, -0.2) is 18.7 Å². The van der Waals surface area contributed by atoms with Gasteiger partial charge in [0.15, 0.2) is 0 Å². The maximum atomic E-state index is 11.1. The number of benzene rings is 1. The largest absolute Gasteiger partial charge is 0.516 e. The van der Waals surface area contributed by atoms with Gasteiger partial charge in [-0.2, -0.15) is 0 Å². The number of carbonyl (C=O) groups excluding carboxylic acids is 2. The zero-order valence-electron chi connectivity index (χ0n) is 8.88. The summed E-state index contributed by atoms with van der Waals surface area (Å²) in [7, 11) is 0. The molecule has 0 spiro atoms. The van der Waals surface area contributed by atoms with Gasteiger partial charge in [-0.15, -0.1) is 0 Å². The number of rotatable bonds is 3. The molecule has 4 nitrogen and oxygen atoms in total. The van der Waals surface area contributed by atoms with Gasteiger partial charge in [-0.25, -0.2) is 9.59 Å². The van der Waals surface area contributed by atoms with Gasteiger partial charge in [0, 0.05) is 6.08 Å². The van der Waals surface area contributed by atoms with E-state index >= 15 is 0 Å². The molecule has 0 aliphatic carbocycles. The minimum Gasteiger partial charge on any atom is -0.434 e. The average molecular weight is 220 g/mol. The van der Waals surface area contributed by atoms with Crippen molar-refractivity contribution in [2.75, 3.05) is 6.61 Å². The van der Waals surface area contributed by atoms with Crippen molar-refractivity contribution >= 4 is 18.2 Å². The molecule has 1 rings (SSSR count). The molecule has 0 aromatic heterocycles. The summed E-state index contributed by atoms with van der Waals surface area (Å²) in [5, 5.41) is 0. The molecular formula is C12H12O4. The van der Waals surface area contributed by atoms with Gasteiger partial charge < -0.3 is 9.47 Å². The highest BCUT2D eigenvalue weighted by atomic mass is 16.7. The zero-order valence-corrected chi connectivity index (χ0v) is 8.88. The van der Waals surface area contributed by atoms with Gasteiger partial charge in [0.2, 0.25) is 0 Å². The maximum absolute atomic E-state index is 11.1. The van der Waals surface area contributed by atoms with E-state index in [1.807, 2.05) is 30.3 Å². The number of esters is 1. The molecular weight excluding hydrogens is 208 g/mol. The summed E-state index contributed by atoms with van der Waals surface area (Å²) in [6.45, 7) is 1.81. The topological polar surface area (TPSA) is 52.6 Å². The van der Waals surface area contributed by atoms with Crippen LogP contribution in [0.15, 0.2) is 36.4 Å². The standard InChI is InChI=1S/C12H12O4/c1-2-15-12(14)16-11(13)9-8-10-6-4-3-5-7-10/h3-9H,2H2,1H3/b9-8+. The van der Waals surface area contributed by atoms with E-state index in [0.29, 0.717) is 0 Å². The highest BCUT2D eigenvalue weighted by Crippen LogP contribution is 2.01. The Bertz CT molecular complexity index is 381. The van der Waals surface area contributed by atoms with Crippen LogP contribution in [0.5, 0.6) is 0 Å². The highest BCUT2D eigenvalue weighted by Gasteiger charge is 2.06. The highest BCUT2D eigenvalue weighted by molar-refractivity contribution is 5.93. The van der Waals surface area contributed by atoms with Crippen LogP contribution in [-0.2, 0) is 14.3 Å². The van der Waals surface area contributed by atoms with Crippen LogP contribution in [0.2, 0.25) is 0 Å². The van der Waals surface area contributed by atoms with E-state index in [1.165, 1.54) is 6.08 Å². The van der Waals surface area contributed by atoms with Crippen molar-refractivity contribution in [3.63, 3.8) is 0 Å². The van der Waals surface area contributed by atoms with Gasteiger partial charge >= 0.3 is 12.1 Å². The van der Waals surface area contributed by atoms with Crippen LogP contribution in [0, 0.1) is 0 Å². The minimum atomic E-state index is -0.981. The first-order chi connectivity index (χ1) is 7.72. The van der Waals surface area contributed by atoms with Crippen molar-refractivity contribution in [1.82, 2.24) is 0 Å². The van der Waals surface area contributed by atoms with Crippen molar-refractivity contribution in [2.45, 2.75) is 6.92 Å². The monoisotopic (exact) mass is 220 g/mol. The smallest absolute Gasteiger partial charge is 0.434 e. The third-order valence-corrected chi connectivity index (χ3v) is 1.66. The van der Waals surface area contributed by atoms with Crippen molar-refractivity contribution in [3.05, 3.63) is 42.0 Å². The normalized spacial score (nSPS) is 10.1. The molecule has 0 saturated heterocycles. The SMILES string of the molecule is CCOC(=O)OC(=O)/C=C/c1ccccc1. The summed E-state index contributed by atoms with van der Waals surface area (Å²) in [6.07, 6.45) is 1.75. The third-order valence-electron chi connectivity index (χ3n) is 1.66. The molecule has 4 heteroatoms. The molecule has 0 aliphatic rings. The van der Waals surface area contributed by atoms with E-state index in [2.05, 4.69) is 9.47 Å². The summed E-state index contributed by atoms with van der Waals surface area (Å²) < 4.78 is 8.77. The van der Waals surface area contributed by atoms with Gasteiger partial charge in [0.05, 0.1) is 6.61 Å². The van der Waals surface area contributed by atoms with Crippen molar-refractivity contribution in [2.24, 2.45) is 0 Å². The summed E-state index contributed by atoms with van der Waals surface area (Å²) in [5.74, 6) is -0.748. The molecule has 0 N–H and O–H groups in total. The molecule has 1 aromatic rings. The lowest BCUT2D eigenvalue weighted by molar-refractivity contribution is -0.134. The second-order valence-electron chi connectivity index (χ2n) is 2.85. The first kappa shape index (κ1) is 12.0. The fourth-order valence-electron chi connectivity index (χ4n) is 0.992. The van der Waals surface area contributed by atoms with Gasteiger partial charge in [-0.3, -0.25) is 0 Å². The molecule has 0 bridgehead atoms. The molecule has 0 fully saturated rings. The number of carbonyl (C=O) groups is 2. The summed E-state index contributed by atoms with van der Waals surface area (Å²) in [4.78, 5) is 21.9. The lowest BCUT2D eigenvalue weighted by Gasteiger charge is -1.98. The van der Waals surface area contributed by atoms with E-state index in [4.69, 9.17) is 0 Å². The van der Waals surface area contributed by atoms with Crippen LogP contribution in [0.25, 0.3) is 6.08 Å². The van der Waals surface area contributed by atoms with Crippen LogP contribution in [0.1, 0.15) is 12.5 Å². The fraction of sp³-hybridized carbons (Fsp3) is 0.167. The van der Waals surface area contributed by atoms with Crippen LogP contribution in [0.3, 0.4) is 0 Å². The second-order valence-corrected chi connectivity index (χ2v) is 2.85. The molecule has 84 valence electrons. The van der Waals surface area contributed by atoms with Gasteiger partial charge in [0.1, 0.15) is 0 Å². The van der Waals surface area contributed by atoms with Gasteiger partial charge in [-0.1, -0.05) is 30.3 Å². The number of ether oxygens (including phenoxy) is 2. The first-order valence-electron chi connectivity index (χ1n) is 4.84. The molecule has 0 saturated carbocycles. The fourth-order valence-corrected chi connectivity index (χ4v) is 0.992. The minimum absolute atomic E-state index is 0.175. The zero-order chi connectivity index (χ0) is 11.8. The van der Waals surface area contributed by atoms with E-state index < -0.39 is 12.1 Å². The molecule has 0 aliphatic heterocycles. The predicted octanol–water partition coefficient (Wildman–Crippen LogP) is 2.40. The molecule has 0 heterocycles. The van der Waals surface area contributed by atoms with Crippen molar-refractivity contribution < 1.29 is 19.1 Å². The quantitative estimate of drug-likeness (QED) is 0.446. The molecule has 0 unspecified atom stereocenters. The summed E-state index contributed by atoms with van der Waals surface area (Å²) >= 11 is 0. The van der Waals surface area contributed by atoms with E-state index in [1.54, 1.807) is 13.0 Å². The Kier molecular flexibility index (Phi) is 4.79. The van der Waals surface area contributed by atoms with E-state index in [0.717, 1.165) is 5.56 Å². The Morgan fingerprint density at radius 3 is 2.56 bits per heavy atom. The Balaban J connectivity index is 2.46. The summed E-state index contributed by atoms with van der Waals surface area (Å²) in [5.41, 5.74) is 0.850. The summed E-state index contributed by atoms with van der Waals surface area (Å²) in [6, 6.07) is 9.21. The molecule has 1 aromatic carbocycles. The average Bonchev–Trinajstić information content (AvgIpc) is 2.28. The predicted molar refractivity (Wildman–Crippen MR) is 58.6 cm³/mol. The Morgan fingerprint density at radius 1 is 1.25 bits per heavy atom. The molecule has 0 amide bonds. The van der Waals surface area contributed by atoms with Crippen LogP contribution < -0.4 is 0 Å². The third kappa shape index (κ3) is 4.41. The van der Waals surface area contributed by atoms with Crippen LogP contribution in [0.4, 0.5) is 4.79 Å². The lowest BCUT2D eigenvalue weighted by atomic mass is 10.2. The Labute approximate surface area is 93.5 Å². The van der Waals surface area contributed by atoms with Gasteiger partial charge in [0.25, 0.3) is 0 Å². The number of hydrogen-bond acceptors (Lipinski definition) is 4. The Morgan fingerprint density at radius 2 is 1.94 bits per heavy atom. The van der Waals surface area contributed by atoms with Crippen molar-refractivity contribution in [3.8, 4) is 0 Å². The molecule has 16 heavy (non-hydrogen) atoms. The molecule has 0 radical (unpaired) electrons. The first-order valence-corrected chi connectivity index (χ1v) is 4.84. The van der Waals surface area contributed by atoms with Crippen molar-refractivity contribution in [1.29, 1.82) is 0 Å². The van der Waals surface area contributed by atoms with Crippen LogP contribution >= 0.6 is 0 Å². The molecule has 0 atom stereocenters. The Hall–Kier alpha value is -2.10. The van der Waals surface area contributed by atoms with E-state index in [-0.39, 0.29) is 6.61 Å².